The zero-order valence-electron chi connectivity index (χ0n) is 7.65. The van der Waals surface area contributed by atoms with Gasteiger partial charge in [-0.05, 0) is 39.3 Å². The van der Waals surface area contributed by atoms with E-state index >= 15 is 0 Å². The van der Waals surface area contributed by atoms with E-state index in [-0.39, 0.29) is 0 Å². The molecule has 0 radical (unpaired) electrons. The first kappa shape index (κ1) is 8.06. The Labute approximate surface area is 64.4 Å². The first-order valence-corrected chi connectivity index (χ1v) is 4.34. The van der Waals surface area contributed by atoms with Gasteiger partial charge >= 0.3 is 0 Å². The standard InChI is InChI=1S/C9H19N/c1-5-10-7-6-8(2)9(10,3)4/h8H,5-7H2,1-4H3. The van der Waals surface area contributed by atoms with Crippen LogP contribution in [0.3, 0.4) is 0 Å². The molecule has 1 aliphatic heterocycles. The van der Waals surface area contributed by atoms with Crippen molar-refractivity contribution in [3.8, 4) is 0 Å². The smallest absolute Gasteiger partial charge is 0.0179 e. The lowest BCUT2D eigenvalue weighted by atomic mass is 9.90. The highest BCUT2D eigenvalue weighted by Gasteiger charge is 2.36. The van der Waals surface area contributed by atoms with Gasteiger partial charge in [-0.1, -0.05) is 13.8 Å². The van der Waals surface area contributed by atoms with Crippen molar-refractivity contribution in [1.29, 1.82) is 0 Å². The van der Waals surface area contributed by atoms with E-state index < -0.39 is 0 Å². The lowest BCUT2D eigenvalue weighted by Gasteiger charge is -2.33. The Kier molecular flexibility index (Phi) is 2.04. The molecule has 1 heteroatoms. The molecule has 0 aromatic heterocycles. The van der Waals surface area contributed by atoms with Crippen molar-refractivity contribution in [3.63, 3.8) is 0 Å². The first-order chi connectivity index (χ1) is 4.59. The zero-order valence-corrected chi connectivity index (χ0v) is 7.65. The minimum atomic E-state index is 0.453. The summed E-state index contributed by atoms with van der Waals surface area (Å²) in [5.74, 6) is 0.868. The van der Waals surface area contributed by atoms with Crippen LogP contribution in [-0.2, 0) is 0 Å². The van der Waals surface area contributed by atoms with Gasteiger partial charge in [0.25, 0.3) is 0 Å². The molecule has 0 N–H and O–H groups in total. The van der Waals surface area contributed by atoms with Gasteiger partial charge in [-0.3, -0.25) is 4.90 Å². The second kappa shape index (κ2) is 2.54. The van der Waals surface area contributed by atoms with Crippen molar-refractivity contribution in [2.45, 2.75) is 39.7 Å². The highest BCUT2D eigenvalue weighted by Crippen LogP contribution is 2.33. The molecular formula is C9H19N. The third-order valence-electron chi connectivity index (χ3n) is 3.23. The lowest BCUT2D eigenvalue weighted by molar-refractivity contribution is 0.153. The zero-order chi connectivity index (χ0) is 7.78. The molecule has 0 aliphatic carbocycles. The summed E-state index contributed by atoms with van der Waals surface area (Å²) < 4.78 is 0. The molecule has 1 nitrogen and oxygen atoms in total. The summed E-state index contributed by atoms with van der Waals surface area (Å²) in [4.78, 5) is 2.57. The Bertz CT molecular complexity index is 118. The molecule has 0 saturated carbocycles. The van der Waals surface area contributed by atoms with Gasteiger partial charge in [0, 0.05) is 5.54 Å². The highest BCUT2D eigenvalue weighted by molar-refractivity contribution is 4.92. The Morgan fingerprint density at radius 3 is 2.30 bits per heavy atom. The van der Waals surface area contributed by atoms with E-state index in [1.165, 1.54) is 19.5 Å². The predicted octanol–water partition coefficient (Wildman–Crippen LogP) is 2.13. The maximum Gasteiger partial charge on any atom is 0.0179 e. The van der Waals surface area contributed by atoms with E-state index in [2.05, 4.69) is 32.6 Å². The summed E-state index contributed by atoms with van der Waals surface area (Å²) in [5.41, 5.74) is 0.453. The summed E-state index contributed by atoms with van der Waals surface area (Å²) in [7, 11) is 0. The van der Waals surface area contributed by atoms with Crippen LogP contribution in [0.25, 0.3) is 0 Å². The summed E-state index contributed by atoms with van der Waals surface area (Å²) in [5, 5.41) is 0. The Balaban J connectivity index is 2.64. The van der Waals surface area contributed by atoms with E-state index in [4.69, 9.17) is 0 Å². The molecule has 1 unspecified atom stereocenters. The predicted molar refractivity (Wildman–Crippen MR) is 45.1 cm³/mol. The van der Waals surface area contributed by atoms with Crippen LogP contribution in [0.2, 0.25) is 0 Å². The maximum atomic E-state index is 2.57. The van der Waals surface area contributed by atoms with Gasteiger partial charge in [0.15, 0.2) is 0 Å². The summed E-state index contributed by atoms with van der Waals surface area (Å²) in [6.45, 7) is 11.8. The monoisotopic (exact) mass is 141 g/mol. The number of nitrogens with zero attached hydrogens (tertiary/aromatic N) is 1. The summed E-state index contributed by atoms with van der Waals surface area (Å²) in [6, 6.07) is 0. The van der Waals surface area contributed by atoms with Crippen molar-refractivity contribution in [2.24, 2.45) is 5.92 Å². The van der Waals surface area contributed by atoms with E-state index in [9.17, 15) is 0 Å². The SMILES string of the molecule is CCN1CCC(C)C1(C)C. The fraction of sp³-hybridized carbons (Fsp3) is 1.00. The molecule has 1 aliphatic rings. The van der Waals surface area contributed by atoms with Gasteiger partial charge in [0.05, 0.1) is 0 Å². The Hall–Kier alpha value is -0.0400. The van der Waals surface area contributed by atoms with Crippen LogP contribution < -0.4 is 0 Å². The number of rotatable bonds is 1. The molecule has 1 fully saturated rings. The topological polar surface area (TPSA) is 3.24 Å². The number of likely N-dealkylation sites (tertiary alicyclic amines) is 1. The van der Waals surface area contributed by atoms with Crippen LogP contribution in [0.1, 0.15) is 34.1 Å². The Morgan fingerprint density at radius 2 is 2.10 bits per heavy atom. The third kappa shape index (κ3) is 1.07. The van der Waals surface area contributed by atoms with E-state index in [0.717, 1.165) is 5.92 Å². The first-order valence-electron chi connectivity index (χ1n) is 4.34. The minimum Gasteiger partial charge on any atom is -0.298 e. The second-order valence-corrected chi connectivity index (χ2v) is 3.92. The molecule has 0 amide bonds. The fourth-order valence-electron chi connectivity index (χ4n) is 1.87. The lowest BCUT2D eigenvalue weighted by Crippen LogP contribution is -2.41. The van der Waals surface area contributed by atoms with Crippen molar-refractivity contribution < 1.29 is 0 Å². The third-order valence-corrected chi connectivity index (χ3v) is 3.23. The number of hydrogen-bond donors (Lipinski definition) is 0. The normalized spacial score (nSPS) is 33.0. The highest BCUT2D eigenvalue weighted by atomic mass is 15.2. The van der Waals surface area contributed by atoms with Crippen LogP contribution in [0.15, 0.2) is 0 Å². The van der Waals surface area contributed by atoms with Gasteiger partial charge in [-0.2, -0.15) is 0 Å². The van der Waals surface area contributed by atoms with Crippen LogP contribution in [0.5, 0.6) is 0 Å². The molecule has 10 heavy (non-hydrogen) atoms. The minimum absolute atomic E-state index is 0.453. The molecule has 0 aromatic carbocycles. The summed E-state index contributed by atoms with van der Waals surface area (Å²) in [6.07, 6.45) is 1.38. The van der Waals surface area contributed by atoms with Crippen LogP contribution in [-0.4, -0.2) is 23.5 Å². The molecule has 1 rings (SSSR count). The molecule has 0 bridgehead atoms. The molecule has 60 valence electrons. The van der Waals surface area contributed by atoms with Crippen molar-refractivity contribution in [1.82, 2.24) is 4.90 Å². The van der Waals surface area contributed by atoms with Crippen LogP contribution in [0.4, 0.5) is 0 Å². The average molecular weight is 141 g/mol. The van der Waals surface area contributed by atoms with Crippen LogP contribution in [0, 0.1) is 5.92 Å². The Morgan fingerprint density at radius 1 is 1.50 bits per heavy atom. The quantitative estimate of drug-likeness (QED) is 0.540. The summed E-state index contributed by atoms with van der Waals surface area (Å²) >= 11 is 0. The van der Waals surface area contributed by atoms with Gasteiger partial charge in [-0.25, -0.2) is 0 Å². The largest absolute Gasteiger partial charge is 0.298 e. The molecule has 0 aromatic rings. The maximum absolute atomic E-state index is 2.57. The van der Waals surface area contributed by atoms with Crippen molar-refractivity contribution in [3.05, 3.63) is 0 Å². The molecule has 1 heterocycles. The number of hydrogen-bond acceptors (Lipinski definition) is 1. The van der Waals surface area contributed by atoms with Crippen molar-refractivity contribution in [2.75, 3.05) is 13.1 Å². The van der Waals surface area contributed by atoms with E-state index in [1.54, 1.807) is 0 Å². The van der Waals surface area contributed by atoms with Gasteiger partial charge < -0.3 is 0 Å². The molecule has 1 saturated heterocycles. The van der Waals surface area contributed by atoms with Gasteiger partial charge in [-0.15, -0.1) is 0 Å². The van der Waals surface area contributed by atoms with E-state index in [1.807, 2.05) is 0 Å². The fourth-order valence-corrected chi connectivity index (χ4v) is 1.87. The molecule has 0 spiro atoms. The average Bonchev–Trinajstić information content (AvgIpc) is 2.10. The van der Waals surface area contributed by atoms with Crippen LogP contribution >= 0.6 is 0 Å². The molecular weight excluding hydrogens is 122 g/mol. The van der Waals surface area contributed by atoms with Crippen molar-refractivity contribution >= 4 is 0 Å². The van der Waals surface area contributed by atoms with Gasteiger partial charge in [0.1, 0.15) is 0 Å². The second-order valence-electron chi connectivity index (χ2n) is 3.92. The van der Waals surface area contributed by atoms with E-state index in [0.29, 0.717) is 5.54 Å². The van der Waals surface area contributed by atoms with Gasteiger partial charge in [0.2, 0.25) is 0 Å². The molecule has 1 atom stereocenters.